The second kappa shape index (κ2) is 5.88. The second-order valence-electron chi connectivity index (χ2n) is 4.06. The zero-order valence-corrected chi connectivity index (χ0v) is 10.4. The molecule has 0 aliphatic carbocycles. The molecule has 0 saturated carbocycles. The number of carboxylic acid groups (broad SMARTS) is 1. The Morgan fingerprint density at radius 2 is 1.75 bits per heavy atom. The summed E-state index contributed by atoms with van der Waals surface area (Å²) in [6.45, 7) is -0.201. The number of aromatic hydroxyl groups is 1. The molecule has 2 N–H and O–H groups in total. The van der Waals surface area contributed by atoms with Gasteiger partial charge in [-0.2, -0.15) is 0 Å². The monoisotopic (exact) mass is 272 g/mol. The van der Waals surface area contributed by atoms with Crippen LogP contribution in [0.25, 0.3) is 0 Å². The van der Waals surface area contributed by atoms with Gasteiger partial charge in [-0.25, -0.2) is 4.79 Å². The van der Waals surface area contributed by atoms with Crippen LogP contribution < -0.4 is 4.74 Å². The summed E-state index contributed by atoms with van der Waals surface area (Å²) in [5.41, 5.74) is -0.133. The number of Topliss-reactive ketones (excluding diaryl/α,β-unsaturated/α-hetero) is 1. The minimum absolute atomic E-state index is 0.177. The van der Waals surface area contributed by atoms with E-state index >= 15 is 0 Å². The fourth-order valence-corrected chi connectivity index (χ4v) is 1.63. The van der Waals surface area contributed by atoms with Crippen LogP contribution in [-0.4, -0.2) is 28.6 Å². The van der Waals surface area contributed by atoms with E-state index in [4.69, 9.17) is 9.84 Å². The van der Waals surface area contributed by atoms with Crippen molar-refractivity contribution in [3.8, 4) is 11.5 Å². The number of hydrogen-bond acceptors (Lipinski definition) is 4. The van der Waals surface area contributed by atoms with Gasteiger partial charge in [0.25, 0.3) is 0 Å². The average Bonchev–Trinajstić information content (AvgIpc) is 2.46. The number of para-hydroxylation sites is 1. The van der Waals surface area contributed by atoms with E-state index in [1.807, 2.05) is 6.07 Å². The molecule has 0 spiro atoms. The van der Waals surface area contributed by atoms with Gasteiger partial charge in [0.05, 0.1) is 0 Å². The molecule has 0 radical (unpaired) electrons. The Bertz CT molecular complexity index is 634. The van der Waals surface area contributed by atoms with E-state index in [0.29, 0.717) is 5.75 Å². The van der Waals surface area contributed by atoms with Crippen molar-refractivity contribution in [1.82, 2.24) is 0 Å². The van der Waals surface area contributed by atoms with Crippen molar-refractivity contribution in [2.75, 3.05) is 6.61 Å². The highest BCUT2D eigenvalue weighted by Crippen LogP contribution is 2.19. The summed E-state index contributed by atoms with van der Waals surface area (Å²) in [6, 6.07) is 12.5. The van der Waals surface area contributed by atoms with Gasteiger partial charge in [-0.1, -0.05) is 18.2 Å². The van der Waals surface area contributed by atoms with E-state index in [1.54, 1.807) is 24.3 Å². The van der Waals surface area contributed by atoms with Gasteiger partial charge in [0.1, 0.15) is 17.1 Å². The lowest BCUT2D eigenvalue weighted by Crippen LogP contribution is -2.12. The quantitative estimate of drug-likeness (QED) is 0.816. The van der Waals surface area contributed by atoms with Crippen molar-refractivity contribution < 1.29 is 24.5 Å². The number of aromatic carboxylic acids is 1. The number of ketones is 1. The predicted octanol–water partition coefficient (Wildman–Crippen LogP) is 2.35. The molecule has 5 nitrogen and oxygen atoms in total. The predicted molar refractivity (Wildman–Crippen MR) is 71.3 cm³/mol. The van der Waals surface area contributed by atoms with Crippen molar-refractivity contribution in [3.63, 3.8) is 0 Å². The molecular weight excluding hydrogens is 260 g/mol. The fourth-order valence-electron chi connectivity index (χ4n) is 1.63. The van der Waals surface area contributed by atoms with Crippen molar-refractivity contribution >= 4 is 11.8 Å². The molecule has 0 bridgehead atoms. The lowest BCUT2D eigenvalue weighted by Gasteiger charge is -2.06. The minimum Gasteiger partial charge on any atom is -0.507 e. The van der Waals surface area contributed by atoms with Crippen molar-refractivity contribution in [3.05, 3.63) is 59.7 Å². The first kappa shape index (κ1) is 13.6. The Hall–Kier alpha value is -2.82. The van der Waals surface area contributed by atoms with Gasteiger partial charge in [-0.15, -0.1) is 0 Å². The molecule has 0 amide bonds. The Balaban J connectivity index is 2.10. The number of carboxylic acids is 1. The molecule has 0 aliphatic heterocycles. The summed E-state index contributed by atoms with van der Waals surface area (Å²) in [4.78, 5) is 22.8. The van der Waals surface area contributed by atoms with E-state index < -0.39 is 5.97 Å². The molecule has 102 valence electrons. The van der Waals surface area contributed by atoms with E-state index in [2.05, 4.69) is 0 Å². The zero-order valence-electron chi connectivity index (χ0n) is 10.4. The highest BCUT2D eigenvalue weighted by Gasteiger charge is 2.14. The van der Waals surface area contributed by atoms with E-state index in [9.17, 15) is 14.7 Å². The fraction of sp³-hybridized carbons (Fsp3) is 0.0667. The molecule has 0 fully saturated rings. The Kier molecular flexibility index (Phi) is 4.00. The first-order chi connectivity index (χ1) is 9.58. The van der Waals surface area contributed by atoms with Crippen LogP contribution in [0.15, 0.2) is 48.5 Å². The Morgan fingerprint density at radius 1 is 1.05 bits per heavy atom. The topological polar surface area (TPSA) is 83.8 Å². The third-order valence-corrected chi connectivity index (χ3v) is 2.66. The third-order valence-electron chi connectivity index (χ3n) is 2.66. The maximum atomic E-state index is 11.9. The molecule has 0 aromatic heterocycles. The van der Waals surface area contributed by atoms with E-state index in [0.717, 1.165) is 6.07 Å². The van der Waals surface area contributed by atoms with Crippen LogP contribution >= 0.6 is 0 Å². The maximum Gasteiger partial charge on any atom is 0.339 e. The van der Waals surface area contributed by atoms with Crippen LogP contribution in [0.3, 0.4) is 0 Å². The van der Waals surface area contributed by atoms with Crippen LogP contribution in [0.1, 0.15) is 20.7 Å². The normalized spacial score (nSPS) is 10.0. The second-order valence-corrected chi connectivity index (χ2v) is 4.06. The number of ether oxygens (including phenoxy) is 1. The minimum atomic E-state index is -1.29. The molecule has 2 rings (SSSR count). The zero-order chi connectivity index (χ0) is 14.5. The van der Waals surface area contributed by atoms with E-state index in [-0.39, 0.29) is 29.3 Å². The SMILES string of the molecule is O=C(COc1ccccc1)c1ccc(O)c(C(=O)O)c1. The lowest BCUT2D eigenvalue weighted by molar-refractivity contribution is 0.0693. The number of carbonyl (C=O) groups excluding carboxylic acids is 1. The molecule has 0 aliphatic rings. The van der Waals surface area contributed by atoms with Crippen molar-refractivity contribution in [1.29, 1.82) is 0 Å². The standard InChI is InChI=1S/C15H12O5/c16-13-7-6-10(8-12(13)15(18)19)14(17)9-20-11-4-2-1-3-5-11/h1-8,16H,9H2,(H,18,19). The number of rotatable bonds is 5. The summed E-state index contributed by atoms with van der Waals surface area (Å²) >= 11 is 0. The van der Waals surface area contributed by atoms with Gasteiger partial charge in [0, 0.05) is 5.56 Å². The van der Waals surface area contributed by atoms with Crippen LogP contribution in [0.5, 0.6) is 11.5 Å². The molecule has 20 heavy (non-hydrogen) atoms. The van der Waals surface area contributed by atoms with Gasteiger partial charge in [0.2, 0.25) is 0 Å². The van der Waals surface area contributed by atoms with Crippen LogP contribution in [-0.2, 0) is 0 Å². The molecule has 0 atom stereocenters. The van der Waals surface area contributed by atoms with Gasteiger partial charge in [-0.05, 0) is 30.3 Å². The maximum absolute atomic E-state index is 11.9. The van der Waals surface area contributed by atoms with Crippen LogP contribution in [0, 0.1) is 0 Å². The molecule has 0 heterocycles. The molecule has 2 aromatic carbocycles. The molecule has 0 saturated heterocycles. The van der Waals surface area contributed by atoms with Gasteiger partial charge in [-0.3, -0.25) is 4.79 Å². The largest absolute Gasteiger partial charge is 0.507 e. The first-order valence-corrected chi connectivity index (χ1v) is 5.85. The summed E-state index contributed by atoms with van der Waals surface area (Å²) in [5.74, 6) is -1.48. The lowest BCUT2D eigenvalue weighted by atomic mass is 10.1. The number of carbonyl (C=O) groups is 2. The molecule has 2 aromatic rings. The van der Waals surface area contributed by atoms with Crippen molar-refractivity contribution in [2.45, 2.75) is 0 Å². The highest BCUT2D eigenvalue weighted by atomic mass is 16.5. The summed E-state index contributed by atoms with van der Waals surface area (Å²) in [5, 5.41) is 18.2. The molecule has 0 unspecified atom stereocenters. The number of benzene rings is 2. The van der Waals surface area contributed by atoms with Crippen molar-refractivity contribution in [2.24, 2.45) is 0 Å². The smallest absolute Gasteiger partial charge is 0.339 e. The highest BCUT2D eigenvalue weighted by molar-refractivity contribution is 6.00. The first-order valence-electron chi connectivity index (χ1n) is 5.85. The average molecular weight is 272 g/mol. The van der Waals surface area contributed by atoms with Gasteiger partial charge in [0.15, 0.2) is 12.4 Å². The Labute approximate surface area is 115 Å². The van der Waals surface area contributed by atoms with Crippen LogP contribution in [0.4, 0.5) is 0 Å². The number of phenols is 1. The molecule has 5 heteroatoms. The van der Waals surface area contributed by atoms with Crippen LogP contribution in [0.2, 0.25) is 0 Å². The Morgan fingerprint density at radius 3 is 2.40 bits per heavy atom. The summed E-state index contributed by atoms with van der Waals surface area (Å²) < 4.78 is 5.29. The summed E-state index contributed by atoms with van der Waals surface area (Å²) in [6.07, 6.45) is 0. The van der Waals surface area contributed by atoms with Gasteiger partial charge >= 0.3 is 5.97 Å². The number of hydrogen-bond donors (Lipinski definition) is 2. The van der Waals surface area contributed by atoms with Gasteiger partial charge < -0.3 is 14.9 Å². The van der Waals surface area contributed by atoms with E-state index in [1.165, 1.54) is 12.1 Å². The third kappa shape index (κ3) is 3.14. The molecular formula is C15H12O5. The summed E-state index contributed by atoms with van der Waals surface area (Å²) in [7, 11) is 0.